The molecule has 0 radical (unpaired) electrons. The van der Waals surface area contributed by atoms with E-state index in [0.29, 0.717) is 16.4 Å². The first kappa shape index (κ1) is 27.6. The lowest BCUT2D eigenvalue weighted by Gasteiger charge is -2.26. The first-order chi connectivity index (χ1) is 19.2. The Morgan fingerprint density at radius 2 is 1.82 bits per heavy atom. The minimum absolute atomic E-state index is 0.137. The van der Waals surface area contributed by atoms with E-state index in [1.807, 2.05) is 6.07 Å². The molecular weight excluding hydrogens is 553 g/mol. The number of fused-ring (bicyclic) bond motifs is 1. The van der Waals surface area contributed by atoms with Crippen molar-refractivity contribution >= 4 is 52.0 Å². The summed E-state index contributed by atoms with van der Waals surface area (Å²) in [5.74, 6) is -0.985. The molecule has 1 aliphatic rings. The van der Waals surface area contributed by atoms with Crippen LogP contribution >= 0.6 is 23.2 Å². The van der Waals surface area contributed by atoms with Crippen LogP contribution in [0.25, 0.3) is 16.7 Å². The Kier molecular flexibility index (Phi) is 8.02. The third-order valence-electron chi connectivity index (χ3n) is 6.90. The summed E-state index contributed by atoms with van der Waals surface area (Å²) in [5.41, 5.74) is 12.0. The number of nitrogens with one attached hydrogen (secondary N) is 2. The molecule has 2 amide bonds. The van der Waals surface area contributed by atoms with Crippen molar-refractivity contribution in [3.8, 4) is 5.69 Å². The number of nitrogens with zero attached hydrogens (tertiary/aromatic N) is 3. The third kappa shape index (κ3) is 5.94. The molecule has 4 aromatic rings. The molecule has 6 N–H and O–H groups in total. The van der Waals surface area contributed by atoms with Crippen molar-refractivity contribution in [1.82, 2.24) is 19.9 Å². The van der Waals surface area contributed by atoms with Gasteiger partial charge in [0.05, 0.1) is 10.7 Å². The van der Waals surface area contributed by atoms with Crippen molar-refractivity contribution in [2.24, 2.45) is 11.5 Å². The number of anilines is 1. The van der Waals surface area contributed by atoms with Gasteiger partial charge in [0.2, 0.25) is 5.95 Å². The molecule has 0 aliphatic heterocycles. The minimum atomic E-state index is -0.909. The van der Waals surface area contributed by atoms with Crippen LogP contribution in [0.3, 0.4) is 0 Å². The predicted molar refractivity (Wildman–Crippen MR) is 155 cm³/mol. The van der Waals surface area contributed by atoms with Crippen LogP contribution in [0.1, 0.15) is 52.0 Å². The summed E-state index contributed by atoms with van der Waals surface area (Å²) in [7, 11) is 0. The van der Waals surface area contributed by atoms with Gasteiger partial charge in [-0.1, -0.05) is 35.3 Å². The molecule has 1 aliphatic carbocycles. The predicted octanol–water partition coefficient (Wildman–Crippen LogP) is 3.80. The molecule has 1 saturated carbocycles. The van der Waals surface area contributed by atoms with Crippen molar-refractivity contribution in [1.29, 1.82) is 0 Å². The first-order valence-corrected chi connectivity index (χ1v) is 13.5. The van der Waals surface area contributed by atoms with Gasteiger partial charge in [-0.2, -0.15) is 4.98 Å². The number of hydrogen-bond donors (Lipinski definition) is 4. The number of carbonyl (C=O) groups is 2. The van der Waals surface area contributed by atoms with Gasteiger partial charge in [0.15, 0.2) is 5.65 Å². The van der Waals surface area contributed by atoms with Crippen LogP contribution in [0.2, 0.25) is 10.0 Å². The van der Waals surface area contributed by atoms with Crippen LogP contribution in [-0.2, 0) is 6.54 Å². The van der Waals surface area contributed by atoms with Gasteiger partial charge in [0, 0.05) is 40.8 Å². The molecule has 1 fully saturated rings. The van der Waals surface area contributed by atoms with Crippen molar-refractivity contribution < 1.29 is 9.59 Å². The fourth-order valence-electron chi connectivity index (χ4n) is 4.77. The number of nitrogens with two attached hydrogens (primary N) is 2. The van der Waals surface area contributed by atoms with Crippen molar-refractivity contribution in [3.05, 3.63) is 91.8 Å². The van der Waals surface area contributed by atoms with Crippen molar-refractivity contribution in [3.63, 3.8) is 0 Å². The summed E-state index contributed by atoms with van der Waals surface area (Å²) in [4.78, 5) is 47.7. The van der Waals surface area contributed by atoms with Gasteiger partial charge >= 0.3 is 0 Å². The third-order valence-corrected chi connectivity index (χ3v) is 7.46. The number of amides is 2. The Hall–Kier alpha value is -3.99. The normalized spacial score (nSPS) is 17.0. The van der Waals surface area contributed by atoms with Gasteiger partial charge in [-0.3, -0.25) is 19.0 Å². The second-order valence-corrected chi connectivity index (χ2v) is 10.6. The van der Waals surface area contributed by atoms with Crippen LogP contribution < -0.4 is 27.7 Å². The Labute approximate surface area is 239 Å². The van der Waals surface area contributed by atoms with Gasteiger partial charge in [-0.25, -0.2) is 4.98 Å². The van der Waals surface area contributed by atoms with E-state index in [9.17, 15) is 14.4 Å². The fourth-order valence-corrected chi connectivity index (χ4v) is 5.18. The zero-order valence-electron chi connectivity index (χ0n) is 21.4. The van der Waals surface area contributed by atoms with E-state index >= 15 is 0 Å². The van der Waals surface area contributed by atoms with Crippen LogP contribution in [-0.4, -0.2) is 38.4 Å². The molecule has 2 aromatic carbocycles. The van der Waals surface area contributed by atoms with Gasteiger partial charge < -0.3 is 22.1 Å². The van der Waals surface area contributed by atoms with Gasteiger partial charge in [0.1, 0.15) is 5.56 Å². The lowest BCUT2D eigenvalue weighted by molar-refractivity contribution is 0.0949. The quantitative estimate of drug-likeness (QED) is 0.259. The second-order valence-electron chi connectivity index (χ2n) is 9.77. The largest absolute Gasteiger partial charge is 0.365 e. The SMILES string of the molecule is NC(=O)c1cc2cnc(NC3CCC(N)CC3)nc2n(-c2cc(C(=O)NCc3cccc(Cl)c3)ccc2Cl)c1=O. The smallest absolute Gasteiger partial charge is 0.269 e. The summed E-state index contributed by atoms with van der Waals surface area (Å²) in [6, 6.07) is 13.3. The molecule has 0 atom stereocenters. The number of carbonyl (C=O) groups excluding carboxylic acids is 2. The van der Waals surface area contributed by atoms with E-state index in [2.05, 4.69) is 20.6 Å². The summed E-state index contributed by atoms with van der Waals surface area (Å²) in [6.07, 6.45) is 5.03. The maximum Gasteiger partial charge on any atom is 0.269 e. The Morgan fingerprint density at radius 3 is 2.55 bits per heavy atom. The molecule has 0 saturated heterocycles. The Morgan fingerprint density at radius 1 is 1.05 bits per heavy atom. The van der Waals surface area contributed by atoms with Crippen molar-refractivity contribution in [2.45, 2.75) is 44.3 Å². The summed E-state index contributed by atoms with van der Waals surface area (Å²) >= 11 is 12.6. The number of primary amides is 1. The minimum Gasteiger partial charge on any atom is -0.365 e. The van der Waals surface area contributed by atoms with Crippen molar-refractivity contribution in [2.75, 3.05) is 5.32 Å². The molecule has 0 bridgehead atoms. The van der Waals surface area contributed by atoms with Gasteiger partial charge in [-0.15, -0.1) is 0 Å². The summed E-state index contributed by atoms with van der Waals surface area (Å²) in [5, 5.41) is 7.28. The molecular formula is C28H27Cl2N7O3. The van der Waals surface area contributed by atoms with E-state index in [-0.39, 0.29) is 46.1 Å². The fraction of sp³-hybridized carbons (Fsp3) is 0.250. The highest BCUT2D eigenvalue weighted by Gasteiger charge is 2.22. The van der Waals surface area contributed by atoms with Crippen LogP contribution in [0, 0.1) is 0 Å². The Bertz CT molecular complexity index is 1670. The van der Waals surface area contributed by atoms with Crippen LogP contribution in [0.15, 0.2) is 59.5 Å². The molecule has 2 aromatic heterocycles. The highest BCUT2D eigenvalue weighted by molar-refractivity contribution is 6.32. The maximum absolute atomic E-state index is 13.5. The maximum atomic E-state index is 13.5. The number of benzene rings is 2. The average molecular weight is 580 g/mol. The topological polar surface area (TPSA) is 158 Å². The lowest BCUT2D eigenvalue weighted by atomic mass is 9.92. The number of rotatable bonds is 7. The van der Waals surface area contributed by atoms with E-state index < -0.39 is 17.4 Å². The molecule has 40 heavy (non-hydrogen) atoms. The van der Waals surface area contributed by atoms with Gasteiger partial charge in [-0.05, 0) is 67.6 Å². The van der Waals surface area contributed by atoms with Gasteiger partial charge in [0.25, 0.3) is 17.4 Å². The number of halogens is 2. The lowest BCUT2D eigenvalue weighted by Crippen LogP contribution is -2.33. The van der Waals surface area contributed by atoms with E-state index in [1.54, 1.807) is 24.3 Å². The molecule has 10 nitrogen and oxygen atoms in total. The second kappa shape index (κ2) is 11.6. The highest BCUT2D eigenvalue weighted by atomic mass is 35.5. The first-order valence-electron chi connectivity index (χ1n) is 12.8. The number of aromatic nitrogens is 3. The monoisotopic (exact) mass is 579 g/mol. The molecule has 0 spiro atoms. The zero-order chi connectivity index (χ0) is 28.4. The number of hydrogen-bond acceptors (Lipinski definition) is 7. The summed E-state index contributed by atoms with van der Waals surface area (Å²) in [6.45, 7) is 0.242. The molecule has 206 valence electrons. The van der Waals surface area contributed by atoms with Crippen LogP contribution in [0.5, 0.6) is 0 Å². The standard InChI is InChI=1S/C28H27Cl2N7O3/c29-18-3-1-2-15(10-18)13-33-26(39)16-4-9-22(30)23(12-16)37-25-17(11-21(24(32)38)27(37)40)14-34-28(36-25)35-20-7-5-19(31)6-8-20/h1-4,9-12,14,19-20H,5-8,13,31H2,(H2,32,38)(H,33,39)(H,34,35,36). The molecule has 12 heteroatoms. The average Bonchev–Trinajstić information content (AvgIpc) is 2.93. The Balaban J connectivity index is 1.54. The van der Waals surface area contributed by atoms with Crippen LogP contribution in [0.4, 0.5) is 5.95 Å². The van der Waals surface area contributed by atoms with E-state index in [1.165, 1.54) is 29.0 Å². The summed E-state index contributed by atoms with van der Waals surface area (Å²) < 4.78 is 1.19. The van der Waals surface area contributed by atoms with E-state index in [4.69, 9.17) is 34.7 Å². The van der Waals surface area contributed by atoms with E-state index in [0.717, 1.165) is 31.2 Å². The molecule has 0 unspecified atom stereocenters. The number of pyridine rings is 1. The zero-order valence-corrected chi connectivity index (χ0v) is 22.9. The molecule has 2 heterocycles. The molecule has 5 rings (SSSR count). The highest BCUT2D eigenvalue weighted by Crippen LogP contribution is 2.26.